The first kappa shape index (κ1) is 16.4. The molecule has 1 amide bonds. The molecule has 1 aromatic carbocycles. The van der Waals surface area contributed by atoms with Gasteiger partial charge >= 0.3 is 0 Å². The highest BCUT2D eigenvalue weighted by Crippen LogP contribution is 2.18. The van der Waals surface area contributed by atoms with Gasteiger partial charge in [-0.25, -0.2) is 4.68 Å². The van der Waals surface area contributed by atoms with E-state index in [0.29, 0.717) is 12.3 Å². The summed E-state index contributed by atoms with van der Waals surface area (Å²) in [6, 6.07) is 7.61. The Morgan fingerprint density at radius 2 is 1.83 bits per heavy atom. The summed E-state index contributed by atoms with van der Waals surface area (Å²) < 4.78 is 7.14. The highest BCUT2D eigenvalue weighted by Gasteiger charge is 2.25. The topological polar surface area (TPSA) is 63.5 Å². The minimum atomic E-state index is -0.0437. The number of carbonyl (C=O) groups excluding carboxylic acids is 1. The van der Waals surface area contributed by atoms with Crippen LogP contribution < -0.4 is 4.74 Å². The lowest BCUT2D eigenvalue weighted by Crippen LogP contribution is -2.47. The average molecular weight is 329 g/mol. The van der Waals surface area contributed by atoms with E-state index in [-0.39, 0.29) is 5.91 Å². The van der Waals surface area contributed by atoms with Gasteiger partial charge in [0.15, 0.2) is 5.69 Å². The molecule has 3 rings (SSSR count). The average Bonchev–Trinajstić information content (AvgIpc) is 2.97. The van der Waals surface area contributed by atoms with Crippen molar-refractivity contribution in [3.05, 3.63) is 35.7 Å². The maximum atomic E-state index is 12.7. The molecule has 128 valence electrons. The number of rotatable bonds is 4. The van der Waals surface area contributed by atoms with Gasteiger partial charge in [0.1, 0.15) is 5.75 Å². The SMILES string of the molecule is CCOc1ccc(-n2nnc(C(=O)N3CCN(C)CC3)c2C)cc1. The van der Waals surface area contributed by atoms with Crippen LogP contribution in [0.1, 0.15) is 23.1 Å². The van der Waals surface area contributed by atoms with Crippen LogP contribution in [0.4, 0.5) is 0 Å². The molecular formula is C17H23N5O2. The van der Waals surface area contributed by atoms with E-state index in [1.54, 1.807) is 4.68 Å². The van der Waals surface area contributed by atoms with Crippen LogP contribution in [-0.4, -0.2) is 70.5 Å². The van der Waals surface area contributed by atoms with E-state index in [1.807, 2.05) is 43.0 Å². The Hall–Kier alpha value is -2.41. The summed E-state index contributed by atoms with van der Waals surface area (Å²) in [5, 5.41) is 8.28. The van der Waals surface area contributed by atoms with Gasteiger partial charge in [-0.2, -0.15) is 0 Å². The molecule has 1 aliphatic rings. The van der Waals surface area contributed by atoms with Gasteiger partial charge in [0.05, 0.1) is 18.0 Å². The largest absolute Gasteiger partial charge is 0.494 e. The van der Waals surface area contributed by atoms with Gasteiger partial charge in [0.25, 0.3) is 5.91 Å². The maximum Gasteiger partial charge on any atom is 0.276 e. The first-order valence-corrected chi connectivity index (χ1v) is 8.23. The van der Waals surface area contributed by atoms with Crippen LogP contribution >= 0.6 is 0 Å². The quantitative estimate of drug-likeness (QED) is 0.847. The molecular weight excluding hydrogens is 306 g/mol. The van der Waals surface area contributed by atoms with E-state index < -0.39 is 0 Å². The molecule has 24 heavy (non-hydrogen) atoms. The summed E-state index contributed by atoms with van der Waals surface area (Å²) in [7, 11) is 2.06. The van der Waals surface area contributed by atoms with Gasteiger partial charge in [0, 0.05) is 26.2 Å². The number of piperazine rings is 1. The zero-order chi connectivity index (χ0) is 17.1. The highest BCUT2D eigenvalue weighted by molar-refractivity contribution is 5.93. The van der Waals surface area contributed by atoms with Crippen molar-refractivity contribution >= 4 is 5.91 Å². The summed E-state index contributed by atoms with van der Waals surface area (Å²) in [5.41, 5.74) is 2.04. The third-order valence-corrected chi connectivity index (χ3v) is 4.28. The monoisotopic (exact) mass is 329 g/mol. The zero-order valence-electron chi connectivity index (χ0n) is 14.4. The van der Waals surface area contributed by atoms with Gasteiger partial charge in [0.2, 0.25) is 0 Å². The number of benzene rings is 1. The van der Waals surface area contributed by atoms with Gasteiger partial charge in [-0.15, -0.1) is 5.10 Å². The molecule has 1 aromatic heterocycles. The van der Waals surface area contributed by atoms with Crippen molar-refractivity contribution in [2.75, 3.05) is 39.8 Å². The number of hydrogen-bond acceptors (Lipinski definition) is 5. The first-order chi connectivity index (χ1) is 11.6. The molecule has 0 unspecified atom stereocenters. The summed E-state index contributed by atoms with van der Waals surface area (Å²) in [6.45, 7) is 7.68. The molecule has 0 spiro atoms. The molecule has 0 radical (unpaired) electrons. The minimum Gasteiger partial charge on any atom is -0.494 e. The lowest BCUT2D eigenvalue weighted by Gasteiger charge is -2.31. The molecule has 1 saturated heterocycles. The van der Waals surface area contributed by atoms with E-state index >= 15 is 0 Å². The molecule has 2 heterocycles. The predicted molar refractivity (Wildman–Crippen MR) is 90.7 cm³/mol. The van der Waals surface area contributed by atoms with Gasteiger partial charge < -0.3 is 14.5 Å². The van der Waals surface area contributed by atoms with Crippen molar-refractivity contribution in [2.45, 2.75) is 13.8 Å². The predicted octanol–water partition coefficient (Wildman–Crippen LogP) is 1.36. The second-order valence-electron chi connectivity index (χ2n) is 5.96. The van der Waals surface area contributed by atoms with Crippen molar-refractivity contribution in [3.63, 3.8) is 0 Å². The van der Waals surface area contributed by atoms with Crippen LogP contribution in [0.3, 0.4) is 0 Å². The van der Waals surface area contributed by atoms with Gasteiger partial charge in [-0.05, 0) is 45.2 Å². The van der Waals surface area contributed by atoms with Crippen LogP contribution in [-0.2, 0) is 0 Å². The summed E-state index contributed by atoms with van der Waals surface area (Å²) in [6.07, 6.45) is 0. The number of aromatic nitrogens is 3. The second-order valence-corrected chi connectivity index (χ2v) is 5.96. The number of nitrogens with zero attached hydrogens (tertiary/aromatic N) is 5. The Kier molecular flexibility index (Phi) is 4.80. The van der Waals surface area contributed by atoms with Crippen LogP contribution in [0.5, 0.6) is 5.75 Å². The Bertz CT molecular complexity index is 702. The number of amides is 1. The van der Waals surface area contributed by atoms with Crippen molar-refractivity contribution in [1.82, 2.24) is 24.8 Å². The lowest BCUT2D eigenvalue weighted by atomic mass is 10.2. The normalized spacial score (nSPS) is 15.5. The molecule has 7 heteroatoms. The molecule has 1 aliphatic heterocycles. The molecule has 0 atom stereocenters. The van der Waals surface area contributed by atoms with Crippen LogP contribution in [0.25, 0.3) is 5.69 Å². The minimum absolute atomic E-state index is 0.0437. The second kappa shape index (κ2) is 7.00. The Labute approximate surface area is 141 Å². The third kappa shape index (κ3) is 3.26. The number of carbonyl (C=O) groups is 1. The summed E-state index contributed by atoms with van der Waals surface area (Å²) in [4.78, 5) is 16.7. The Morgan fingerprint density at radius 3 is 2.46 bits per heavy atom. The Morgan fingerprint density at radius 1 is 1.17 bits per heavy atom. The third-order valence-electron chi connectivity index (χ3n) is 4.28. The molecule has 7 nitrogen and oxygen atoms in total. The molecule has 0 saturated carbocycles. The summed E-state index contributed by atoms with van der Waals surface area (Å²) >= 11 is 0. The van der Waals surface area contributed by atoms with E-state index in [2.05, 4.69) is 22.3 Å². The maximum absolute atomic E-state index is 12.7. The number of ether oxygens (including phenoxy) is 1. The van der Waals surface area contributed by atoms with Crippen molar-refractivity contribution < 1.29 is 9.53 Å². The first-order valence-electron chi connectivity index (χ1n) is 8.23. The fourth-order valence-corrected chi connectivity index (χ4v) is 2.78. The molecule has 1 fully saturated rings. The van der Waals surface area contributed by atoms with Crippen molar-refractivity contribution in [2.24, 2.45) is 0 Å². The number of hydrogen-bond donors (Lipinski definition) is 0. The highest BCUT2D eigenvalue weighted by atomic mass is 16.5. The molecule has 2 aromatic rings. The van der Waals surface area contributed by atoms with E-state index in [1.165, 1.54) is 0 Å². The summed E-state index contributed by atoms with van der Waals surface area (Å²) in [5.74, 6) is 0.769. The fourth-order valence-electron chi connectivity index (χ4n) is 2.78. The molecule has 0 aliphatic carbocycles. The standard InChI is InChI=1S/C17H23N5O2/c1-4-24-15-7-5-14(6-8-15)22-13(2)16(18-19-22)17(23)21-11-9-20(3)10-12-21/h5-8H,4,9-12H2,1-3H3. The van der Waals surface area contributed by atoms with Gasteiger partial charge in [-0.1, -0.05) is 5.21 Å². The zero-order valence-corrected chi connectivity index (χ0v) is 14.4. The number of likely N-dealkylation sites (N-methyl/N-ethyl adjacent to an activating group) is 1. The lowest BCUT2D eigenvalue weighted by molar-refractivity contribution is 0.0657. The Balaban J connectivity index is 1.79. The van der Waals surface area contributed by atoms with Crippen molar-refractivity contribution in [3.8, 4) is 11.4 Å². The van der Waals surface area contributed by atoms with E-state index in [0.717, 1.165) is 43.3 Å². The van der Waals surface area contributed by atoms with Crippen molar-refractivity contribution in [1.29, 1.82) is 0 Å². The molecule has 0 N–H and O–H groups in total. The van der Waals surface area contributed by atoms with E-state index in [9.17, 15) is 4.79 Å². The van der Waals surface area contributed by atoms with Crippen LogP contribution in [0.15, 0.2) is 24.3 Å². The fraction of sp³-hybridized carbons (Fsp3) is 0.471. The van der Waals surface area contributed by atoms with E-state index in [4.69, 9.17) is 4.74 Å². The van der Waals surface area contributed by atoms with Crippen LogP contribution in [0.2, 0.25) is 0 Å². The van der Waals surface area contributed by atoms with Crippen LogP contribution in [0, 0.1) is 6.92 Å². The van der Waals surface area contributed by atoms with Gasteiger partial charge in [-0.3, -0.25) is 4.79 Å². The molecule has 0 bridgehead atoms. The smallest absolute Gasteiger partial charge is 0.276 e.